The molecule has 1 aromatic heterocycles. The van der Waals surface area contributed by atoms with Crippen LogP contribution in [0.1, 0.15) is 63.8 Å². The first-order valence-electron chi connectivity index (χ1n) is 14.2. The van der Waals surface area contributed by atoms with Crippen molar-refractivity contribution in [1.29, 1.82) is 0 Å². The van der Waals surface area contributed by atoms with Crippen LogP contribution < -0.4 is 10.6 Å². The molecule has 2 unspecified atom stereocenters. The average molecular weight is 551 g/mol. The topological polar surface area (TPSA) is 77.4 Å². The molecule has 7 heteroatoms. The van der Waals surface area contributed by atoms with Crippen molar-refractivity contribution in [2.75, 3.05) is 17.2 Å². The third-order valence-corrected chi connectivity index (χ3v) is 7.07. The largest absolute Gasteiger partial charge is 0.353 e. The normalized spacial score (nSPS) is 16.1. The van der Waals surface area contributed by atoms with Gasteiger partial charge in [-0.2, -0.15) is 5.10 Å². The fourth-order valence-electron chi connectivity index (χ4n) is 4.77. The summed E-state index contributed by atoms with van der Waals surface area (Å²) in [5.74, 6) is 7.08. The fraction of sp³-hybridized carbons (Fsp3) is 0.353. The number of rotatable bonds is 5. The molecule has 2 heterocycles. The van der Waals surface area contributed by atoms with Crippen LogP contribution in [0.5, 0.6) is 0 Å². The molecule has 0 aliphatic carbocycles. The van der Waals surface area contributed by atoms with Crippen molar-refractivity contribution in [2.45, 2.75) is 71.7 Å². The van der Waals surface area contributed by atoms with Crippen molar-refractivity contribution < 1.29 is 14.3 Å². The molecule has 1 aliphatic rings. The molecular weight excluding hydrogens is 512 g/mol. The molecule has 1 aliphatic heterocycles. The highest BCUT2D eigenvalue weighted by Gasteiger charge is 2.22. The minimum atomic E-state index is -0.350. The maximum atomic E-state index is 13.3. The standard InChI is InChI=1S/C34H38N4O3/c1-23-13-18-26(19-14-23)38-31(22-30(37-38)34(3,4)5)36-33(39)35-29-20-17-25(27-10-6-7-11-28(27)29)16-15-24(2)41-32-12-8-9-21-40-32/h6-7,10-11,13-14,17-20,22,24,32H,8-9,12,21H2,1-5H3,(H2,35,36,39). The van der Waals surface area contributed by atoms with E-state index < -0.39 is 0 Å². The Morgan fingerprint density at radius 1 is 1.05 bits per heavy atom. The molecule has 2 atom stereocenters. The number of urea groups is 1. The Bertz CT molecular complexity index is 1580. The number of carbonyl (C=O) groups is 1. The highest BCUT2D eigenvalue weighted by atomic mass is 16.7. The van der Waals surface area contributed by atoms with E-state index in [1.165, 1.54) is 0 Å². The molecule has 0 saturated carbocycles. The fourth-order valence-corrected chi connectivity index (χ4v) is 4.77. The lowest BCUT2D eigenvalue weighted by atomic mass is 9.92. The number of ether oxygens (including phenoxy) is 2. The molecule has 2 amide bonds. The SMILES string of the molecule is Cc1ccc(-n2nc(C(C)(C)C)cc2NC(=O)Nc2ccc(C#CC(C)OC3CCCCO3)c3ccccc23)cc1. The summed E-state index contributed by atoms with van der Waals surface area (Å²) in [4.78, 5) is 13.3. The number of aryl methyl sites for hydroxylation is 1. The van der Waals surface area contributed by atoms with Crippen molar-refractivity contribution in [2.24, 2.45) is 0 Å². The summed E-state index contributed by atoms with van der Waals surface area (Å²) in [6.07, 6.45) is 2.66. The van der Waals surface area contributed by atoms with Gasteiger partial charge in [-0.15, -0.1) is 0 Å². The second-order valence-corrected chi connectivity index (χ2v) is 11.5. The van der Waals surface area contributed by atoms with Crippen LogP contribution in [0, 0.1) is 18.8 Å². The zero-order chi connectivity index (χ0) is 29.0. The third kappa shape index (κ3) is 6.97. The average Bonchev–Trinajstić information content (AvgIpc) is 3.38. The molecule has 1 saturated heterocycles. The van der Waals surface area contributed by atoms with Gasteiger partial charge in [0.15, 0.2) is 6.29 Å². The number of nitrogens with zero attached hydrogens (tertiary/aromatic N) is 2. The van der Waals surface area contributed by atoms with Gasteiger partial charge in [0.25, 0.3) is 0 Å². The molecule has 0 bridgehead atoms. The van der Waals surface area contributed by atoms with Crippen LogP contribution in [-0.2, 0) is 14.9 Å². The van der Waals surface area contributed by atoms with Crippen molar-refractivity contribution in [3.63, 3.8) is 0 Å². The van der Waals surface area contributed by atoms with Crippen molar-refractivity contribution in [1.82, 2.24) is 9.78 Å². The third-order valence-electron chi connectivity index (χ3n) is 7.07. The Kier molecular flexibility index (Phi) is 8.44. The van der Waals surface area contributed by atoms with Crippen molar-refractivity contribution in [3.05, 3.63) is 83.6 Å². The number of carbonyl (C=O) groups excluding carboxylic acids is 1. The number of aromatic nitrogens is 2. The van der Waals surface area contributed by atoms with Gasteiger partial charge in [-0.25, -0.2) is 9.48 Å². The van der Waals surface area contributed by atoms with Crippen LogP contribution in [0.3, 0.4) is 0 Å². The Labute approximate surface area is 242 Å². The number of amides is 2. The second kappa shape index (κ2) is 12.2. The highest BCUT2D eigenvalue weighted by Crippen LogP contribution is 2.29. The summed E-state index contributed by atoms with van der Waals surface area (Å²) in [5, 5.41) is 12.7. The van der Waals surface area contributed by atoms with E-state index in [0.717, 1.165) is 59.2 Å². The molecule has 1 fully saturated rings. The van der Waals surface area contributed by atoms with Crippen LogP contribution in [-0.4, -0.2) is 34.8 Å². The van der Waals surface area contributed by atoms with Gasteiger partial charge in [-0.3, -0.25) is 5.32 Å². The van der Waals surface area contributed by atoms with Crippen LogP contribution >= 0.6 is 0 Å². The summed E-state index contributed by atoms with van der Waals surface area (Å²) in [6, 6.07) is 21.4. The summed E-state index contributed by atoms with van der Waals surface area (Å²) >= 11 is 0. The van der Waals surface area contributed by atoms with Crippen LogP contribution in [0.2, 0.25) is 0 Å². The Hall–Kier alpha value is -4.12. The number of anilines is 2. The van der Waals surface area contributed by atoms with Gasteiger partial charge < -0.3 is 14.8 Å². The zero-order valence-corrected chi connectivity index (χ0v) is 24.5. The Balaban J connectivity index is 1.36. The summed E-state index contributed by atoms with van der Waals surface area (Å²) < 4.78 is 13.4. The predicted octanol–water partition coefficient (Wildman–Crippen LogP) is 7.56. The molecule has 212 valence electrons. The van der Waals surface area contributed by atoms with E-state index in [4.69, 9.17) is 14.6 Å². The molecule has 3 aromatic carbocycles. The van der Waals surface area contributed by atoms with E-state index in [1.807, 2.05) is 80.6 Å². The molecular formula is C34H38N4O3. The van der Waals surface area contributed by atoms with Gasteiger partial charge in [-0.1, -0.05) is 74.6 Å². The molecule has 0 spiro atoms. The van der Waals surface area contributed by atoms with Crippen molar-refractivity contribution in [3.8, 4) is 17.5 Å². The van der Waals surface area contributed by atoms with Crippen LogP contribution in [0.15, 0.2) is 66.7 Å². The van der Waals surface area contributed by atoms with Crippen LogP contribution in [0.25, 0.3) is 16.5 Å². The maximum Gasteiger partial charge on any atom is 0.324 e. The number of hydrogen-bond acceptors (Lipinski definition) is 4. The first-order valence-corrected chi connectivity index (χ1v) is 14.2. The quantitative estimate of drug-likeness (QED) is 0.251. The number of fused-ring (bicyclic) bond motifs is 1. The molecule has 4 aromatic rings. The first-order chi connectivity index (χ1) is 19.7. The van der Waals surface area contributed by atoms with Gasteiger partial charge in [0, 0.05) is 29.0 Å². The molecule has 7 nitrogen and oxygen atoms in total. The maximum absolute atomic E-state index is 13.3. The van der Waals surface area contributed by atoms with E-state index in [9.17, 15) is 4.79 Å². The van der Waals surface area contributed by atoms with Crippen LogP contribution in [0.4, 0.5) is 16.3 Å². The highest BCUT2D eigenvalue weighted by molar-refractivity contribution is 6.07. The van der Waals surface area contributed by atoms with Gasteiger partial charge in [0.05, 0.1) is 17.1 Å². The van der Waals surface area contributed by atoms with E-state index in [1.54, 1.807) is 4.68 Å². The number of nitrogens with one attached hydrogen (secondary N) is 2. The lowest BCUT2D eigenvalue weighted by Crippen LogP contribution is -2.25. The van der Waals surface area contributed by atoms with Gasteiger partial charge in [0.2, 0.25) is 0 Å². The predicted molar refractivity (Wildman–Crippen MR) is 165 cm³/mol. The van der Waals surface area contributed by atoms with E-state index in [-0.39, 0.29) is 23.8 Å². The summed E-state index contributed by atoms with van der Waals surface area (Å²) in [7, 11) is 0. The molecule has 0 radical (unpaired) electrons. The minimum absolute atomic E-state index is 0.179. The second-order valence-electron chi connectivity index (χ2n) is 11.5. The lowest BCUT2D eigenvalue weighted by Gasteiger charge is -2.24. The zero-order valence-electron chi connectivity index (χ0n) is 24.5. The minimum Gasteiger partial charge on any atom is -0.353 e. The monoisotopic (exact) mass is 550 g/mol. The molecule has 41 heavy (non-hydrogen) atoms. The van der Waals surface area contributed by atoms with E-state index in [0.29, 0.717) is 11.5 Å². The van der Waals surface area contributed by atoms with Gasteiger partial charge >= 0.3 is 6.03 Å². The number of benzene rings is 3. The number of hydrogen-bond donors (Lipinski definition) is 2. The Morgan fingerprint density at radius 3 is 2.51 bits per heavy atom. The first kappa shape index (κ1) is 28.4. The Morgan fingerprint density at radius 2 is 1.80 bits per heavy atom. The van der Waals surface area contributed by atoms with Crippen molar-refractivity contribution >= 4 is 28.3 Å². The lowest BCUT2D eigenvalue weighted by molar-refractivity contribution is -0.173. The molecule has 5 rings (SSSR count). The smallest absolute Gasteiger partial charge is 0.324 e. The van der Waals surface area contributed by atoms with Gasteiger partial charge in [0.1, 0.15) is 11.9 Å². The van der Waals surface area contributed by atoms with E-state index in [2.05, 4.69) is 43.2 Å². The van der Waals surface area contributed by atoms with Gasteiger partial charge in [-0.05, 0) is 62.8 Å². The summed E-state index contributed by atoms with van der Waals surface area (Å²) in [6.45, 7) is 11.0. The molecule has 2 N–H and O–H groups in total. The van der Waals surface area contributed by atoms with E-state index >= 15 is 0 Å². The summed E-state index contributed by atoms with van der Waals surface area (Å²) in [5.41, 5.74) is 4.31.